The lowest BCUT2D eigenvalue weighted by Gasteiger charge is -2.15. The van der Waals surface area contributed by atoms with Gasteiger partial charge in [0.15, 0.2) is 23.1 Å². The molecule has 0 saturated carbocycles. The molecular weight excluding hydrogens is 657 g/mol. The van der Waals surface area contributed by atoms with Crippen LogP contribution in [0.15, 0.2) is 156 Å². The minimum Gasteiger partial charge on any atom is -0.454 e. The second kappa shape index (κ2) is 11.2. The molecule has 11 aromatic rings. The highest BCUT2D eigenvalue weighted by Gasteiger charge is 2.26. The van der Waals surface area contributed by atoms with E-state index < -0.39 is 0 Å². The summed E-state index contributed by atoms with van der Waals surface area (Å²) in [6, 6.07) is 52.8. The fraction of sp³-hybridized carbons (Fsp3) is 0.0217. The van der Waals surface area contributed by atoms with Gasteiger partial charge < -0.3 is 8.98 Å². The minimum atomic E-state index is 0.605. The molecular formula is C46H28N4OS. The Hall–Kier alpha value is -6.63. The van der Waals surface area contributed by atoms with Gasteiger partial charge in [-0.2, -0.15) is 0 Å². The van der Waals surface area contributed by atoms with E-state index in [1.165, 1.54) is 36.5 Å². The quantitative estimate of drug-likeness (QED) is 0.185. The van der Waals surface area contributed by atoms with Gasteiger partial charge >= 0.3 is 0 Å². The van der Waals surface area contributed by atoms with Crippen LogP contribution < -0.4 is 0 Å². The van der Waals surface area contributed by atoms with E-state index in [0.717, 1.165) is 55.4 Å². The summed E-state index contributed by atoms with van der Waals surface area (Å²) in [5.74, 6) is 1.86. The number of rotatable bonds is 4. The predicted octanol–water partition coefficient (Wildman–Crippen LogP) is 12.5. The Balaban J connectivity index is 1.27. The third-order valence-electron chi connectivity index (χ3n) is 10.2. The van der Waals surface area contributed by atoms with E-state index in [-0.39, 0.29) is 0 Å². The average molecular weight is 685 g/mol. The summed E-state index contributed by atoms with van der Waals surface area (Å²) in [7, 11) is 0. The van der Waals surface area contributed by atoms with Crippen LogP contribution >= 0.6 is 11.3 Å². The van der Waals surface area contributed by atoms with E-state index in [0.29, 0.717) is 17.5 Å². The van der Waals surface area contributed by atoms with Crippen LogP contribution in [-0.2, 0) is 0 Å². The lowest BCUT2D eigenvalue weighted by atomic mass is 10.0. The van der Waals surface area contributed by atoms with Crippen molar-refractivity contribution < 1.29 is 4.42 Å². The molecule has 0 bridgehead atoms. The first-order chi connectivity index (χ1) is 25.7. The number of aromatic nitrogens is 4. The molecule has 0 atom stereocenters. The molecule has 0 amide bonds. The van der Waals surface area contributed by atoms with Crippen molar-refractivity contribution in [2.45, 2.75) is 6.92 Å². The summed E-state index contributed by atoms with van der Waals surface area (Å²) in [6.07, 6.45) is 0. The number of para-hydroxylation sites is 2. The highest BCUT2D eigenvalue weighted by Crippen LogP contribution is 2.47. The minimum absolute atomic E-state index is 0.605. The van der Waals surface area contributed by atoms with Gasteiger partial charge in [-0.15, -0.1) is 11.3 Å². The van der Waals surface area contributed by atoms with Gasteiger partial charge in [-0.25, -0.2) is 15.0 Å². The van der Waals surface area contributed by atoms with Gasteiger partial charge in [0.1, 0.15) is 5.58 Å². The number of benzene rings is 7. The standard InChI is InChI=1S/C46H28N4OS/c1-27-26-35(46-48-44(28-14-4-2-5-15-28)47-45(49-46)29-16-6-3-7-17-29)39-34-20-9-12-22-37(34)51-42(39)40(27)50-36-21-11-8-18-30(36)32-24-25-33-31-19-10-13-23-38(31)52-43(33)41(32)50/h2-26H,1H3. The van der Waals surface area contributed by atoms with Crippen LogP contribution in [-0.4, -0.2) is 19.5 Å². The highest BCUT2D eigenvalue weighted by molar-refractivity contribution is 7.26. The molecule has 0 radical (unpaired) electrons. The van der Waals surface area contributed by atoms with Gasteiger partial charge in [0.05, 0.1) is 21.4 Å². The zero-order valence-corrected chi connectivity index (χ0v) is 28.9. The SMILES string of the molecule is Cc1cc(-c2nc(-c3ccccc3)nc(-c3ccccc3)n2)c2c(oc3ccccc32)c1-n1c2ccccc2c2ccc3c4ccccc4sc3c21. The molecule has 0 unspecified atom stereocenters. The van der Waals surface area contributed by atoms with Gasteiger partial charge in [0, 0.05) is 53.7 Å². The van der Waals surface area contributed by atoms with Crippen molar-refractivity contribution in [3.63, 3.8) is 0 Å². The summed E-state index contributed by atoms with van der Waals surface area (Å²) in [4.78, 5) is 15.3. The van der Waals surface area contributed by atoms with Gasteiger partial charge in [0.25, 0.3) is 0 Å². The van der Waals surface area contributed by atoms with E-state index in [2.05, 4.69) is 90.4 Å². The molecule has 0 aliphatic carbocycles. The Morgan fingerprint density at radius 3 is 1.88 bits per heavy atom. The topological polar surface area (TPSA) is 56.7 Å². The number of hydrogen-bond donors (Lipinski definition) is 0. The molecule has 52 heavy (non-hydrogen) atoms. The molecule has 6 heteroatoms. The van der Waals surface area contributed by atoms with Crippen LogP contribution in [0.1, 0.15) is 5.56 Å². The number of fused-ring (bicyclic) bond motifs is 10. The molecule has 0 spiro atoms. The van der Waals surface area contributed by atoms with Gasteiger partial charge in [-0.3, -0.25) is 0 Å². The zero-order chi connectivity index (χ0) is 34.3. The molecule has 244 valence electrons. The summed E-state index contributed by atoms with van der Waals surface area (Å²) in [5, 5.41) is 6.97. The monoisotopic (exact) mass is 684 g/mol. The Morgan fingerprint density at radius 1 is 0.538 bits per heavy atom. The summed E-state index contributed by atoms with van der Waals surface area (Å²) in [5.41, 5.74) is 8.81. The van der Waals surface area contributed by atoms with Gasteiger partial charge in [-0.1, -0.05) is 127 Å². The normalized spacial score (nSPS) is 11.9. The van der Waals surface area contributed by atoms with E-state index in [1.54, 1.807) is 0 Å². The Kier molecular flexibility index (Phi) is 6.27. The van der Waals surface area contributed by atoms with E-state index in [1.807, 2.05) is 84.1 Å². The first-order valence-corrected chi connectivity index (χ1v) is 18.2. The maximum Gasteiger partial charge on any atom is 0.164 e. The van der Waals surface area contributed by atoms with Crippen molar-refractivity contribution in [1.29, 1.82) is 0 Å². The maximum absolute atomic E-state index is 6.96. The molecule has 7 aromatic carbocycles. The molecule has 4 aromatic heterocycles. The largest absolute Gasteiger partial charge is 0.454 e. The van der Waals surface area contributed by atoms with Crippen LogP contribution in [0.3, 0.4) is 0 Å². The summed E-state index contributed by atoms with van der Waals surface area (Å²) < 4.78 is 11.9. The van der Waals surface area contributed by atoms with Gasteiger partial charge in [-0.05, 0) is 36.8 Å². The number of nitrogens with zero attached hydrogens (tertiary/aromatic N) is 4. The van der Waals surface area contributed by atoms with Crippen LogP contribution in [0.25, 0.3) is 104 Å². The summed E-state index contributed by atoms with van der Waals surface area (Å²) in [6.45, 7) is 2.18. The maximum atomic E-state index is 6.96. The van der Waals surface area contributed by atoms with Crippen molar-refractivity contribution in [3.8, 4) is 39.9 Å². The smallest absolute Gasteiger partial charge is 0.164 e. The Bertz CT molecular complexity index is 3140. The van der Waals surface area contributed by atoms with Crippen LogP contribution in [0.2, 0.25) is 0 Å². The fourth-order valence-electron chi connectivity index (χ4n) is 7.86. The molecule has 0 N–H and O–H groups in total. The lowest BCUT2D eigenvalue weighted by molar-refractivity contribution is 0.666. The molecule has 11 rings (SSSR count). The third kappa shape index (κ3) is 4.25. The van der Waals surface area contributed by atoms with Gasteiger partial charge in [0.2, 0.25) is 0 Å². The van der Waals surface area contributed by atoms with Crippen LogP contribution in [0, 0.1) is 6.92 Å². The molecule has 0 aliphatic heterocycles. The second-order valence-electron chi connectivity index (χ2n) is 13.2. The first-order valence-electron chi connectivity index (χ1n) is 17.4. The van der Waals surface area contributed by atoms with Crippen molar-refractivity contribution in [3.05, 3.63) is 157 Å². The van der Waals surface area contributed by atoms with Crippen molar-refractivity contribution in [2.75, 3.05) is 0 Å². The molecule has 0 aliphatic rings. The highest BCUT2D eigenvalue weighted by atomic mass is 32.1. The number of thiophene rings is 1. The molecule has 4 heterocycles. The van der Waals surface area contributed by atoms with Crippen molar-refractivity contribution in [1.82, 2.24) is 19.5 Å². The van der Waals surface area contributed by atoms with Crippen LogP contribution in [0.4, 0.5) is 0 Å². The van der Waals surface area contributed by atoms with Crippen LogP contribution in [0.5, 0.6) is 0 Å². The first kappa shape index (κ1) is 29.1. The van der Waals surface area contributed by atoms with E-state index >= 15 is 0 Å². The lowest BCUT2D eigenvalue weighted by Crippen LogP contribution is -2.03. The molecule has 5 nitrogen and oxygen atoms in total. The average Bonchev–Trinajstić information content (AvgIpc) is 3.88. The Morgan fingerprint density at radius 2 is 1.13 bits per heavy atom. The predicted molar refractivity (Wildman–Crippen MR) is 215 cm³/mol. The van der Waals surface area contributed by atoms with Crippen molar-refractivity contribution in [2.24, 2.45) is 0 Å². The van der Waals surface area contributed by atoms with E-state index in [4.69, 9.17) is 19.4 Å². The molecule has 0 fully saturated rings. The fourth-order valence-corrected chi connectivity index (χ4v) is 9.10. The number of hydrogen-bond acceptors (Lipinski definition) is 5. The van der Waals surface area contributed by atoms with Crippen molar-refractivity contribution >= 4 is 75.3 Å². The second-order valence-corrected chi connectivity index (χ2v) is 14.3. The summed E-state index contributed by atoms with van der Waals surface area (Å²) >= 11 is 1.85. The van der Waals surface area contributed by atoms with E-state index in [9.17, 15) is 0 Å². The number of furan rings is 1. The third-order valence-corrected chi connectivity index (χ3v) is 11.4. The molecule has 0 saturated heterocycles. The zero-order valence-electron chi connectivity index (χ0n) is 28.0. The Labute approximate surface area is 302 Å². The number of aryl methyl sites for hydroxylation is 1.